The molecule has 0 saturated carbocycles. The van der Waals surface area contributed by atoms with Crippen molar-refractivity contribution in [2.24, 2.45) is 0 Å². The van der Waals surface area contributed by atoms with Gasteiger partial charge in [0.25, 0.3) is 0 Å². The van der Waals surface area contributed by atoms with Gasteiger partial charge < -0.3 is 9.64 Å². The molecule has 23 heavy (non-hydrogen) atoms. The van der Waals surface area contributed by atoms with Crippen LogP contribution in [0.25, 0.3) is 6.08 Å². The normalized spacial score (nSPS) is 10.7. The van der Waals surface area contributed by atoms with Crippen molar-refractivity contribution >= 4 is 27.9 Å². The van der Waals surface area contributed by atoms with E-state index in [0.717, 1.165) is 21.3 Å². The van der Waals surface area contributed by atoms with Gasteiger partial charge in [-0.05, 0) is 30.7 Å². The molecule has 0 aromatic heterocycles. The lowest BCUT2D eigenvalue weighted by atomic mass is 10.2. The Morgan fingerprint density at radius 1 is 1.17 bits per heavy atom. The summed E-state index contributed by atoms with van der Waals surface area (Å²) in [6, 6.07) is 15.6. The molecule has 120 valence electrons. The number of carbonyl (C=O) groups excluding carboxylic acids is 1. The van der Waals surface area contributed by atoms with Crippen LogP contribution in [-0.4, -0.2) is 24.5 Å². The minimum absolute atomic E-state index is 0.0490. The van der Waals surface area contributed by atoms with Crippen molar-refractivity contribution in [1.29, 1.82) is 0 Å². The Balaban J connectivity index is 2.05. The van der Waals surface area contributed by atoms with E-state index in [1.165, 1.54) is 0 Å². The van der Waals surface area contributed by atoms with E-state index in [1.807, 2.05) is 55.5 Å². The van der Waals surface area contributed by atoms with Crippen molar-refractivity contribution in [3.63, 3.8) is 0 Å². The summed E-state index contributed by atoms with van der Waals surface area (Å²) in [7, 11) is 1.79. The third kappa shape index (κ3) is 4.96. The quantitative estimate of drug-likeness (QED) is 0.696. The van der Waals surface area contributed by atoms with Crippen molar-refractivity contribution in [2.75, 3.05) is 13.7 Å². The molecule has 0 atom stereocenters. The average molecular weight is 374 g/mol. The summed E-state index contributed by atoms with van der Waals surface area (Å²) in [6.07, 6.45) is 3.37. The summed E-state index contributed by atoms with van der Waals surface area (Å²) in [4.78, 5) is 14.0. The van der Waals surface area contributed by atoms with Gasteiger partial charge in [0.2, 0.25) is 5.91 Å². The minimum Gasteiger partial charge on any atom is -0.493 e. The fourth-order valence-electron chi connectivity index (χ4n) is 2.15. The number of hydrogen-bond acceptors (Lipinski definition) is 2. The Morgan fingerprint density at radius 3 is 2.61 bits per heavy atom. The summed E-state index contributed by atoms with van der Waals surface area (Å²) in [6.45, 7) is 3.09. The fraction of sp³-hybridized carbons (Fsp3) is 0.211. The number of rotatable bonds is 6. The lowest BCUT2D eigenvalue weighted by molar-refractivity contribution is -0.125. The molecule has 0 aliphatic rings. The third-order valence-corrected chi connectivity index (χ3v) is 4.14. The molecule has 2 rings (SSSR count). The number of para-hydroxylation sites is 1. The van der Waals surface area contributed by atoms with Crippen LogP contribution in [0.15, 0.2) is 59.1 Å². The topological polar surface area (TPSA) is 29.5 Å². The maximum atomic E-state index is 12.3. The monoisotopic (exact) mass is 373 g/mol. The molecule has 0 unspecified atom stereocenters. The molecule has 1 amide bonds. The molecule has 0 radical (unpaired) electrons. The molecule has 0 bridgehead atoms. The Morgan fingerprint density at radius 2 is 1.87 bits per heavy atom. The first-order chi connectivity index (χ1) is 11.1. The highest BCUT2D eigenvalue weighted by Gasteiger charge is 2.08. The smallest absolute Gasteiger partial charge is 0.246 e. The summed E-state index contributed by atoms with van der Waals surface area (Å²) < 4.78 is 6.56. The van der Waals surface area contributed by atoms with Crippen LogP contribution in [0.3, 0.4) is 0 Å². The Labute approximate surface area is 145 Å². The van der Waals surface area contributed by atoms with Gasteiger partial charge in [-0.25, -0.2) is 0 Å². The molecule has 2 aromatic carbocycles. The van der Waals surface area contributed by atoms with Crippen molar-refractivity contribution in [2.45, 2.75) is 13.5 Å². The molecule has 0 heterocycles. The van der Waals surface area contributed by atoms with Gasteiger partial charge in [0.05, 0.1) is 6.61 Å². The molecular formula is C19H20BrNO2. The largest absolute Gasteiger partial charge is 0.493 e. The summed E-state index contributed by atoms with van der Waals surface area (Å²) in [5.74, 6) is 0.736. The predicted octanol–water partition coefficient (Wildman–Crippen LogP) is 4.52. The van der Waals surface area contributed by atoms with Gasteiger partial charge in [-0.15, -0.1) is 0 Å². The van der Waals surface area contributed by atoms with E-state index in [4.69, 9.17) is 4.74 Å². The second-order valence-corrected chi connectivity index (χ2v) is 5.94. The molecule has 4 heteroatoms. The van der Waals surface area contributed by atoms with Crippen molar-refractivity contribution in [3.05, 3.63) is 70.2 Å². The standard InChI is InChI=1S/C19H20BrNO2/c1-3-23-18-11-7-5-8-15(18)12-13-19(22)21(2)14-16-9-4-6-10-17(16)20/h4-13H,3,14H2,1-2H3/b13-12+. The maximum Gasteiger partial charge on any atom is 0.246 e. The molecule has 0 aliphatic heterocycles. The number of carbonyl (C=O) groups is 1. The van der Waals surface area contributed by atoms with Gasteiger partial charge in [-0.2, -0.15) is 0 Å². The highest BCUT2D eigenvalue weighted by Crippen LogP contribution is 2.20. The van der Waals surface area contributed by atoms with E-state index in [9.17, 15) is 4.79 Å². The van der Waals surface area contributed by atoms with Crippen molar-refractivity contribution in [3.8, 4) is 5.75 Å². The second-order valence-electron chi connectivity index (χ2n) is 5.09. The van der Waals surface area contributed by atoms with Crippen LogP contribution < -0.4 is 4.74 Å². The van der Waals surface area contributed by atoms with Crippen molar-refractivity contribution in [1.82, 2.24) is 4.90 Å². The van der Waals surface area contributed by atoms with Crippen LogP contribution in [-0.2, 0) is 11.3 Å². The molecule has 2 aromatic rings. The molecular weight excluding hydrogens is 354 g/mol. The van der Waals surface area contributed by atoms with E-state index in [0.29, 0.717) is 13.2 Å². The zero-order valence-electron chi connectivity index (χ0n) is 13.3. The van der Waals surface area contributed by atoms with E-state index in [-0.39, 0.29) is 5.91 Å². The molecule has 0 aliphatic carbocycles. The zero-order valence-corrected chi connectivity index (χ0v) is 14.9. The number of halogens is 1. The molecule has 0 saturated heterocycles. The van der Waals surface area contributed by atoms with Crippen LogP contribution in [0.1, 0.15) is 18.1 Å². The summed E-state index contributed by atoms with van der Waals surface area (Å²) in [5.41, 5.74) is 1.98. The van der Waals surface area contributed by atoms with Gasteiger partial charge in [0.1, 0.15) is 5.75 Å². The lowest BCUT2D eigenvalue weighted by Crippen LogP contribution is -2.24. The van der Waals surface area contributed by atoms with Gasteiger partial charge in [-0.1, -0.05) is 52.3 Å². The first-order valence-electron chi connectivity index (χ1n) is 7.50. The van der Waals surface area contributed by atoms with E-state index >= 15 is 0 Å². The first-order valence-corrected chi connectivity index (χ1v) is 8.29. The minimum atomic E-state index is -0.0490. The fourth-order valence-corrected chi connectivity index (χ4v) is 2.56. The lowest BCUT2D eigenvalue weighted by Gasteiger charge is -2.16. The molecule has 0 spiro atoms. The third-order valence-electron chi connectivity index (χ3n) is 3.37. The van der Waals surface area contributed by atoms with Crippen molar-refractivity contribution < 1.29 is 9.53 Å². The van der Waals surface area contributed by atoms with E-state index < -0.39 is 0 Å². The predicted molar refractivity (Wildman–Crippen MR) is 97.3 cm³/mol. The molecule has 0 fully saturated rings. The first kappa shape index (κ1) is 17.3. The number of likely N-dealkylation sites (N-methyl/N-ethyl adjacent to an activating group) is 1. The second kappa shape index (κ2) is 8.53. The van der Waals surface area contributed by atoms with Crippen LogP contribution in [0, 0.1) is 0 Å². The zero-order chi connectivity index (χ0) is 16.7. The van der Waals surface area contributed by atoms with Crippen LogP contribution in [0.4, 0.5) is 0 Å². The highest BCUT2D eigenvalue weighted by molar-refractivity contribution is 9.10. The Kier molecular flexibility index (Phi) is 6.41. The number of ether oxygens (including phenoxy) is 1. The summed E-state index contributed by atoms with van der Waals surface area (Å²) in [5, 5.41) is 0. The SMILES string of the molecule is CCOc1ccccc1/C=C/C(=O)N(C)Cc1ccccc1Br. The van der Waals surface area contributed by atoms with Gasteiger partial charge in [-0.3, -0.25) is 4.79 Å². The Hall–Kier alpha value is -2.07. The average Bonchev–Trinajstić information content (AvgIpc) is 2.56. The van der Waals surface area contributed by atoms with Crippen LogP contribution in [0.5, 0.6) is 5.75 Å². The number of hydrogen-bond donors (Lipinski definition) is 0. The maximum absolute atomic E-state index is 12.3. The number of amides is 1. The van der Waals surface area contributed by atoms with Gasteiger partial charge in [0.15, 0.2) is 0 Å². The highest BCUT2D eigenvalue weighted by atomic mass is 79.9. The van der Waals surface area contributed by atoms with Crippen LogP contribution in [0.2, 0.25) is 0 Å². The summed E-state index contributed by atoms with van der Waals surface area (Å²) >= 11 is 3.50. The van der Waals surface area contributed by atoms with Gasteiger partial charge in [0, 0.05) is 29.7 Å². The van der Waals surface area contributed by atoms with E-state index in [2.05, 4.69) is 15.9 Å². The molecule has 3 nitrogen and oxygen atoms in total. The molecule has 0 N–H and O–H groups in total. The van der Waals surface area contributed by atoms with Gasteiger partial charge >= 0.3 is 0 Å². The number of nitrogens with zero attached hydrogens (tertiary/aromatic N) is 1. The van der Waals surface area contributed by atoms with Crippen LogP contribution >= 0.6 is 15.9 Å². The Bertz CT molecular complexity index is 697. The number of benzene rings is 2. The van der Waals surface area contributed by atoms with E-state index in [1.54, 1.807) is 24.1 Å².